The minimum Gasteiger partial charge on any atom is -0.394 e. The quantitative estimate of drug-likeness (QED) is 0.142. The molecule has 0 aromatic heterocycles. The Kier molecular flexibility index (Phi) is 9.69. The van der Waals surface area contributed by atoms with Gasteiger partial charge in [0.2, 0.25) is 0 Å². The van der Waals surface area contributed by atoms with Crippen LogP contribution in [0.2, 0.25) is 0 Å². The second-order valence-electron chi connectivity index (χ2n) is 9.30. The Morgan fingerprint density at radius 2 is 1.08 bits per heavy atom. The second-order valence-corrected chi connectivity index (χ2v) is 9.30. The van der Waals surface area contributed by atoms with Gasteiger partial charge in [-0.25, -0.2) is 0 Å². The van der Waals surface area contributed by atoms with Crippen molar-refractivity contribution in [2.45, 2.75) is 98.4 Å². The van der Waals surface area contributed by atoms with Crippen molar-refractivity contribution in [2.24, 2.45) is 0 Å². The van der Waals surface area contributed by atoms with E-state index in [-0.39, 0.29) is 13.2 Å². The summed E-state index contributed by atoms with van der Waals surface area (Å²) in [6.07, 6.45) is -23.8. The van der Waals surface area contributed by atoms with Crippen molar-refractivity contribution in [3.05, 3.63) is 0 Å². The van der Waals surface area contributed by atoms with Gasteiger partial charge in [0.15, 0.2) is 25.2 Å². The molecule has 0 aromatic rings. The molecule has 0 aliphatic carbocycles. The lowest BCUT2D eigenvalue weighted by Gasteiger charge is -2.44. The Hall–Kier alpha value is -0.680. The maximum absolute atomic E-state index is 10.7. The summed E-state index contributed by atoms with van der Waals surface area (Å²) in [6.45, 7) is -1.71. The Morgan fingerprint density at radius 3 is 1.70 bits per heavy atom. The molecule has 0 spiro atoms. The Bertz CT molecular complexity index is 731. The summed E-state index contributed by atoms with van der Waals surface area (Å²) in [4.78, 5) is 0. The number of aliphatic hydroxyl groups excluding tert-OH is 10. The van der Waals surface area contributed by atoms with Crippen LogP contribution in [0.15, 0.2) is 0 Å². The highest BCUT2D eigenvalue weighted by Gasteiger charge is 2.50. The SMILES string of the molecule is OC[C@@H]1O[C@@H](O[C@@H]2[C@@H](O)[C@H](O[C@@H]3CO[C@@H](O[C@@H]4CO[C@@H](O)[C@H](O)[C@H]4O)[C@H](O)[C@H]3O)OC[C@H]2O)[C@H](O)[C@H]1O. The highest BCUT2D eigenvalue weighted by atomic mass is 16.8. The van der Waals surface area contributed by atoms with Crippen LogP contribution in [0.5, 0.6) is 0 Å². The molecule has 0 unspecified atom stereocenters. The predicted molar refractivity (Wildman–Crippen MR) is 110 cm³/mol. The zero-order valence-corrected chi connectivity index (χ0v) is 19.4. The topological polar surface area (TPSA) is 267 Å². The predicted octanol–water partition coefficient (Wildman–Crippen LogP) is -7.19. The molecule has 0 amide bonds. The lowest BCUT2D eigenvalue weighted by atomic mass is 10.0. The van der Waals surface area contributed by atoms with Crippen LogP contribution in [0, 0.1) is 0 Å². The van der Waals surface area contributed by atoms with Crippen molar-refractivity contribution in [3.63, 3.8) is 0 Å². The minimum atomic E-state index is -1.72. The van der Waals surface area contributed by atoms with Gasteiger partial charge in [-0.1, -0.05) is 0 Å². The standard InChI is InChI=1S/C20H34O17/c21-1-6-9(23)14(28)20(34-6)37-16-5(22)2-32-19(15(16)29)36-8-4-33-18(13(27)11(8)25)35-7-3-31-17(30)12(26)10(7)24/h5-30H,1-4H2/t5-,6+,7-,8-,9+,10+,11+,12-,13-,14-,15-,16+,17-,18+,19+,20+/m1/s1. The molecule has 37 heavy (non-hydrogen) atoms. The summed E-state index contributed by atoms with van der Waals surface area (Å²) in [5.74, 6) is 0. The molecule has 17 heteroatoms. The van der Waals surface area contributed by atoms with Gasteiger partial charge in [0.1, 0.15) is 73.2 Å². The Labute approximate surface area is 209 Å². The van der Waals surface area contributed by atoms with Gasteiger partial charge in [0.25, 0.3) is 0 Å². The van der Waals surface area contributed by atoms with Crippen molar-refractivity contribution in [1.82, 2.24) is 0 Å². The monoisotopic (exact) mass is 546 g/mol. The molecule has 4 aliphatic rings. The number of ether oxygens (including phenoxy) is 7. The summed E-state index contributed by atoms with van der Waals surface area (Å²) in [5.41, 5.74) is 0. The van der Waals surface area contributed by atoms with E-state index in [1.807, 2.05) is 0 Å². The molecule has 4 rings (SSSR count). The summed E-state index contributed by atoms with van der Waals surface area (Å²) < 4.78 is 37.1. The van der Waals surface area contributed by atoms with E-state index >= 15 is 0 Å². The lowest BCUT2D eigenvalue weighted by Crippen LogP contribution is -2.62. The second kappa shape index (κ2) is 12.2. The summed E-state index contributed by atoms with van der Waals surface area (Å²) in [6, 6.07) is 0. The van der Waals surface area contributed by atoms with E-state index in [0.29, 0.717) is 0 Å². The first-order chi connectivity index (χ1) is 17.5. The van der Waals surface area contributed by atoms with Crippen LogP contribution in [-0.2, 0) is 33.2 Å². The minimum absolute atomic E-state index is 0.330. The van der Waals surface area contributed by atoms with E-state index in [1.165, 1.54) is 0 Å². The van der Waals surface area contributed by atoms with Gasteiger partial charge >= 0.3 is 0 Å². The number of hydrogen-bond donors (Lipinski definition) is 10. The van der Waals surface area contributed by atoms with E-state index in [0.717, 1.165) is 0 Å². The van der Waals surface area contributed by atoms with Crippen LogP contribution < -0.4 is 0 Å². The van der Waals surface area contributed by atoms with Gasteiger partial charge in [-0.05, 0) is 0 Å². The third-order valence-electron chi connectivity index (χ3n) is 6.72. The number of aliphatic hydroxyl groups is 10. The molecular weight excluding hydrogens is 512 g/mol. The zero-order chi connectivity index (χ0) is 27.0. The maximum atomic E-state index is 10.7. The first-order valence-corrected chi connectivity index (χ1v) is 11.7. The molecule has 16 atom stereocenters. The lowest BCUT2D eigenvalue weighted by molar-refractivity contribution is -0.353. The third-order valence-corrected chi connectivity index (χ3v) is 6.72. The van der Waals surface area contributed by atoms with Crippen LogP contribution in [0.1, 0.15) is 0 Å². The molecule has 216 valence electrons. The average molecular weight is 546 g/mol. The zero-order valence-electron chi connectivity index (χ0n) is 19.4. The van der Waals surface area contributed by atoms with E-state index in [2.05, 4.69) is 0 Å². The normalized spacial score (nSPS) is 53.4. The molecular formula is C20H34O17. The van der Waals surface area contributed by atoms with Crippen molar-refractivity contribution in [2.75, 3.05) is 26.4 Å². The van der Waals surface area contributed by atoms with Gasteiger partial charge in [-0.3, -0.25) is 0 Å². The van der Waals surface area contributed by atoms with Crippen molar-refractivity contribution in [1.29, 1.82) is 0 Å². The fourth-order valence-electron chi connectivity index (χ4n) is 4.44. The Morgan fingerprint density at radius 1 is 0.541 bits per heavy atom. The van der Waals surface area contributed by atoms with Crippen molar-refractivity contribution >= 4 is 0 Å². The van der Waals surface area contributed by atoms with Gasteiger partial charge in [0.05, 0.1) is 26.4 Å². The fraction of sp³-hybridized carbons (Fsp3) is 1.00. The first-order valence-electron chi connectivity index (χ1n) is 11.7. The molecule has 0 aromatic carbocycles. The molecule has 10 N–H and O–H groups in total. The van der Waals surface area contributed by atoms with E-state index in [4.69, 9.17) is 33.2 Å². The highest BCUT2D eigenvalue weighted by Crippen LogP contribution is 2.30. The molecule has 4 fully saturated rings. The molecule has 0 bridgehead atoms. The van der Waals surface area contributed by atoms with Crippen molar-refractivity contribution < 1.29 is 84.2 Å². The molecule has 4 heterocycles. The van der Waals surface area contributed by atoms with Gasteiger partial charge in [-0.15, -0.1) is 0 Å². The fourth-order valence-corrected chi connectivity index (χ4v) is 4.44. The summed E-state index contributed by atoms with van der Waals surface area (Å²) >= 11 is 0. The van der Waals surface area contributed by atoms with Gasteiger partial charge in [-0.2, -0.15) is 0 Å². The van der Waals surface area contributed by atoms with Crippen LogP contribution in [-0.4, -0.2) is 176 Å². The summed E-state index contributed by atoms with van der Waals surface area (Å²) in [5, 5.41) is 100. The third kappa shape index (κ3) is 6.08. The van der Waals surface area contributed by atoms with E-state index in [9.17, 15) is 51.1 Å². The molecule has 17 nitrogen and oxygen atoms in total. The van der Waals surface area contributed by atoms with Gasteiger partial charge in [0, 0.05) is 0 Å². The van der Waals surface area contributed by atoms with E-state index in [1.54, 1.807) is 0 Å². The van der Waals surface area contributed by atoms with E-state index < -0.39 is 112 Å². The van der Waals surface area contributed by atoms with Crippen LogP contribution in [0.3, 0.4) is 0 Å². The smallest absolute Gasteiger partial charge is 0.187 e. The van der Waals surface area contributed by atoms with Crippen LogP contribution in [0.4, 0.5) is 0 Å². The molecule has 4 saturated heterocycles. The number of hydrogen-bond acceptors (Lipinski definition) is 17. The summed E-state index contributed by atoms with van der Waals surface area (Å²) in [7, 11) is 0. The van der Waals surface area contributed by atoms with Crippen LogP contribution in [0.25, 0.3) is 0 Å². The van der Waals surface area contributed by atoms with Crippen molar-refractivity contribution in [3.8, 4) is 0 Å². The highest BCUT2D eigenvalue weighted by molar-refractivity contribution is 4.92. The Balaban J connectivity index is 1.32. The first kappa shape index (κ1) is 29.3. The van der Waals surface area contributed by atoms with Crippen LogP contribution >= 0.6 is 0 Å². The largest absolute Gasteiger partial charge is 0.394 e. The molecule has 4 aliphatic heterocycles. The van der Waals surface area contributed by atoms with Gasteiger partial charge < -0.3 is 84.2 Å². The molecule has 0 saturated carbocycles. The average Bonchev–Trinajstić information content (AvgIpc) is 3.15. The molecule has 0 radical (unpaired) electrons. The maximum Gasteiger partial charge on any atom is 0.187 e. The number of rotatable bonds is 7.